The van der Waals surface area contributed by atoms with Crippen molar-refractivity contribution in [3.05, 3.63) is 263 Å². The minimum absolute atomic E-state index is 0.00383. The highest BCUT2D eigenvalue weighted by Gasteiger charge is 2.52. The second-order valence-electron chi connectivity index (χ2n) is 27.4. The molecule has 2 aliphatic carbocycles. The summed E-state index contributed by atoms with van der Waals surface area (Å²) < 4.78 is 7.19. The molecular weight excluding hydrogens is 993 g/mol. The number of para-hydroxylation sites is 1. The van der Waals surface area contributed by atoms with Gasteiger partial charge in [-0.3, -0.25) is 0 Å². The highest BCUT2D eigenvalue weighted by molar-refractivity contribution is 6.24. The molecule has 0 saturated heterocycles. The summed E-state index contributed by atoms with van der Waals surface area (Å²) in [6.07, 6.45) is 0. The molecule has 1 spiro atoms. The van der Waals surface area contributed by atoms with Gasteiger partial charge in [-0.25, -0.2) is 0 Å². The molecule has 3 nitrogen and oxygen atoms in total. The zero-order valence-electron chi connectivity index (χ0n) is 49.6. The van der Waals surface area contributed by atoms with E-state index in [9.17, 15) is 0 Å². The first-order valence-corrected chi connectivity index (χ1v) is 29.4. The molecule has 0 fully saturated rings. The fraction of sp³-hybridized carbons (Fsp3) is 0.215. The topological polar surface area (TPSA) is 19.6 Å². The molecule has 1 aromatic heterocycles. The van der Waals surface area contributed by atoms with Gasteiger partial charge in [0, 0.05) is 39.2 Å². The fourth-order valence-corrected chi connectivity index (χ4v) is 13.7. The molecule has 404 valence electrons. The Morgan fingerprint density at radius 2 is 0.768 bits per heavy atom. The summed E-state index contributed by atoms with van der Waals surface area (Å²) in [4.78, 5) is 4.86. The van der Waals surface area contributed by atoms with Crippen LogP contribution in [-0.2, 0) is 27.1 Å². The average Bonchev–Trinajstić information content (AvgIpc) is 2.25. The third-order valence-electron chi connectivity index (χ3n) is 18.1. The van der Waals surface area contributed by atoms with Gasteiger partial charge in [0.15, 0.2) is 5.58 Å². The number of benzene rings is 11. The van der Waals surface area contributed by atoms with Crippen molar-refractivity contribution >= 4 is 77.6 Å². The quantitative estimate of drug-likeness (QED) is 0.165. The summed E-state index contributed by atoms with van der Waals surface area (Å²) in [6, 6.07) is 83.2. The lowest BCUT2D eigenvalue weighted by Gasteiger charge is -2.32. The van der Waals surface area contributed by atoms with E-state index in [2.05, 4.69) is 311 Å². The van der Waals surface area contributed by atoms with Gasteiger partial charge in [0.25, 0.3) is 0 Å². The summed E-state index contributed by atoms with van der Waals surface area (Å²) in [6.45, 7) is 27.4. The summed E-state index contributed by atoms with van der Waals surface area (Å²) in [7, 11) is 0. The van der Waals surface area contributed by atoms with Gasteiger partial charge in [0.2, 0.25) is 0 Å². The minimum atomic E-state index is -0.614. The SMILES string of the molecule is CC(C)(C)c1ccc(N(c2ccc(C(C)(C)C)cc2)c2ccc3c4c(ccc3c2)-c2cc3c(cc2C42c4ccccc4-c4ccccc42)cc(N(c2ccc(C(C)(C)C)cc2)c2ccc(C(C)(C)C)cc2)c2oc4ccccc4c23)cc1. The van der Waals surface area contributed by atoms with Gasteiger partial charge in [-0.15, -0.1) is 0 Å². The molecule has 14 rings (SSSR count). The van der Waals surface area contributed by atoms with Crippen molar-refractivity contribution in [1.29, 1.82) is 0 Å². The van der Waals surface area contributed by atoms with Crippen LogP contribution in [0.4, 0.5) is 34.1 Å². The molecule has 0 radical (unpaired) electrons. The molecular formula is C79H72N2O. The van der Waals surface area contributed by atoms with E-state index in [-0.39, 0.29) is 21.7 Å². The highest BCUT2D eigenvalue weighted by atomic mass is 16.3. The molecule has 0 atom stereocenters. The first kappa shape index (κ1) is 51.5. The minimum Gasteiger partial charge on any atom is -0.454 e. The summed E-state index contributed by atoms with van der Waals surface area (Å²) >= 11 is 0. The Morgan fingerprint density at radius 1 is 0.317 bits per heavy atom. The maximum absolute atomic E-state index is 7.19. The molecule has 2 aliphatic rings. The number of nitrogens with zero attached hydrogens (tertiary/aromatic N) is 2. The van der Waals surface area contributed by atoms with Crippen LogP contribution < -0.4 is 9.80 Å². The standard InChI is InChI=1S/C79H72N2O/c1-75(2,3)51-26-34-55(35-27-51)80(56-36-28-52(29-37-56)76(4,5)6)59-42-44-60-49(45-59)25-43-63-66-48-65-50(46-69(66)79(73(60)63)67-22-16-13-19-61(67)62-20-14-17-23-68(62)79)47-70(74-72(65)64-21-15-18-24-71(64)82-74)81(57-38-30-53(31-39-57)77(7,8)9)58-40-32-54(33-41-58)78(10,11)12/h13-48H,1-12H3. The van der Waals surface area contributed by atoms with Gasteiger partial charge in [-0.1, -0.05) is 217 Å². The van der Waals surface area contributed by atoms with Crippen LogP contribution in [0.3, 0.4) is 0 Å². The number of furan rings is 1. The van der Waals surface area contributed by atoms with Crippen molar-refractivity contribution in [3.8, 4) is 22.3 Å². The molecule has 0 saturated carbocycles. The smallest absolute Gasteiger partial charge is 0.160 e. The lowest BCUT2D eigenvalue weighted by Crippen LogP contribution is -2.26. The second-order valence-corrected chi connectivity index (χ2v) is 27.4. The van der Waals surface area contributed by atoms with Gasteiger partial charge < -0.3 is 14.2 Å². The van der Waals surface area contributed by atoms with Gasteiger partial charge in [0.1, 0.15) is 5.58 Å². The van der Waals surface area contributed by atoms with Crippen molar-refractivity contribution in [1.82, 2.24) is 0 Å². The van der Waals surface area contributed by atoms with E-state index in [0.29, 0.717) is 0 Å². The van der Waals surface area contributed by atoms with Crippen LogP contribution in [0.2, 0.25) is 0 Å². The zero-order chi connectivity index (χ0) is 56.8. The van der Waals surface area contributed by atoms with Crippen LogP contribution in [0.25, 0.3) is 65.7 Å². The van der Waals surface area contributed by atoms with Crippen molar-refractivity contribution in [2.24, 2.45) is 0 Å². The van der Waals surface area contributed by atoms with Crippen molar-refractivity contribution in [3.63, 3.8) is 0 Å². The lowest BCUT2D eigenvalue weighted by atomic mass is 9.69. The van der Waals surface area contributed by atoms with Gasteiger partial charge >= 0.3 is 0 Å². The molecule has 0 aliphatic heterocycles. The Kier molecular flexibility index (Phi) is 11.4. The van der Waals surface area contributed by atoms with E-state index < -0.39 is 5.41 Å². The van der Waals surface area contributed by atoms with Crippen LogP contribution >= 0.6 is 0 Å². The van der Waals surface area contributed by atoms with E-state index in [1.807, 2.05) is 0 Å². The summed E-state index contributed by atoms with van der Waals surface area (Å²) in [5, 5.41) is 7.03. The number of anilines is 6. The third-order valence-corrected chi connectivity index (χ3v) is 18.1. The highest BCUT2D eigenvalue weighted by Crippen LogP contribution is 2.65. The van der Waals surface area contributed by atoms with E-state index in [1.54, 1.807) is 0 Å². The molecule has 3 heteroatoms. The van der Waals surface area contributed by atoms with Crippen molar-refractivity contribution in [2.45, 2.75) is 110 Å². The van der Waals surface area contributed by atoms with Crippen LogP contribution in [0.5, 0.6) is 0 Å². The second kappa shape index (κ2) is 18.2. The van der Waals surface area contributed by atoms with Crippen LogP contribution in [-0.4, -0.2) is 0 Å². The molecule has 82 heavy (non-hydrogen) atoms. The number of fused-ring (bicyclic) bond motifs is 17. The Morgan fingerprint density at radius 3 is 1.27 bits per heavy atom. The molecule has 0 bridgehead atoms. The molecule has 12 aromatic rings. The summed E-state index contributed by atoms with van der Waals surface area (Å²) in [5.74, 6) is 0. The van der Waals surface area contributed by atoms with Gasteiger partial charge in [-0.05, 0) is 195 Å². The Hall–Kier alpha value is -8.66. The largest absolute Gasteiger partial charge is 0.454 e. The summed E-state index contributed by atoms with van der Waals surface area (Å²) in [5.41, 5.74) is 23.3. The van der Waals surface area contributed by atoms with E-state index >= 15 is 0 Å². The Bertz CT molecular complexity index is 4350. The lowest BCUT2D eigenvalue weighted by molar-refractivity contribution is 0.590. The van der Waals surface area contributed by atoms with E-state index in [4.69, 9.17) is 4.42 Å². The predicted octanol–water partition coefficient (Wildman–Crippen LogP) is 22.4. The predicted molar refractivity (Wildman–Crippen MR) is 349 cm³/mol. The Labute approximate surface area is 484 Å². The molecule has 0 N–H and O–H groups in total. The van der Waals surface area contributed by atoms with E-state index in [1.165, 1.54) is 88.3 Å². The molecule has 11 aromatic carbocycles. The molecule has 0 unspecified atom stereocenters. The van der Waals surface area contributed by atoms with Crippen LogP contribution in [0, 0.1) is 0 Å². The Balaban J connectivity index is 1.03. The normalized spacial score (nSPS) is 13.7. The maximum Gasteiger partial charge on any atom is 0.160 e. The molecule has 0 amide bonds. The van der Waals surface area contributed by atoms with Crippen LogP contribution in [0.15, 0.2) is 223 Å². The molecule has 1 heterocycles. The van der Waals surface area contributed by atoms with Crippen LogP contribution in [0.1, 0.15) is 128 Å². The maximum atomic E-state index is 7.19. The van der Waals surface area contributed by atoms with Crippen molar-refractivity contribution < 1.29 is 4.42 Å². The van der Waals surface area contributed by atoms with Gasteiger partial charge in [0.05, 0.1) is 11.1 Å². The first-order chi connectivity index (χ1) is 39.2. The fourth-order valence-electron chi connectivity index (χ4n) is 13.7. The van der Waals surface area contributed by atoms with E-state index in [0.717, 1.165) is 56.1 Å². The van der Waals surface area contributed by atoms with Crippen molar-refractivity contribution in [2.75, 3.05) is 9.80 Å². The number of hydrogen-bond acceptors (Lipinski definition) is 3. The first-order valence-electron chi connectivity index (χ1n) is 29.4. The zero-order valence-corrected chi connectivity index (χ0v) is 49.6. The monoisotopic (exact) mass is 1060 g/mol. The number of rotatable bonds is 6. The van der Waals surface area contributed by atoms with Gasteiger partial charge in [-0.2, -0.15) is 0 Å². The average molecular weight is 1070 g/mol. The third kappa shape index (κ3) is 7.98. The number of hydrogen-bond donors (Lipinski definition) is 0.